The molecule has 0 heterocycles. The molecule has 442 valence electrons. The van der Waals surface area contributed by atoms with Crippen molar-refractivity contribution in [2.75, 3.05) is 13.2 Å². The van der Waals surface area contributed by atoms with Crippen molar-refractivity contribution < 1.29 is 28.6 Å². The molecule has 1 atom stereocenters. The molecule has 0 saturated carbocycles. The normalized spacial score (nSPS) is 13.0. The largest absolute Gasteiger partial charge is 0.462 e. The second kappa shape index (κ2) is 65.1. The standard InChI is InChI=1S/C72H118O6/c1-4-7-10-13-16-19-22-25-28-29-30-31-32-33-34-35-36-37-38-39-40-41-42-43-45-47-50-53-56-59-62-65-71(74)77-68-69(67-76-70(73)64-61-58-55-52-49-46-27-24-21-18-15-12-9-6-3)78-72(75)66-63-60-57-54-51-48-44-26-23-20-17-14-11-8-5-2/h7-8,10-11,15-20,24-28,30-31,33-34,44,51,54,69H,4-6,9,12-14,21-23,29,32,35-43,45-50,52-53,55-68H2,1-3H3/b10-7-,11-8-,18-15-,19-16-,20-17-,27-24-,28-25-,31-30-,34-33-,44-26-,54-51-. The third kappa shape index (κ3) is 62.4. The van der Waals surface area contributed by atoms with E-state index in [2.05, 4.69) is 154 Å². The number of allylic oxidation sites excluding steroid dienone is 22. The molecule has 0 aromatic carbocycles. The van der Waals surface area contributed by atoms with Crippen molar-refractivity contribution in [1.82, 2.24) is 0 Å². The summed E-state index contributed by atoms with van der Waals surface area (Å²) in [6.07, 6.45) is 91.9. The molecule has 0 radical (unpaired) electrons. The van der Waals surface area contributed by atoms with Gasteiger partial charge in [0.2, 0.25) is 0 Å². The molecular formula is C72H118O6. The first-order valence-corrected chi connectivity index (χ1v) is 32.2. The highest BCUT2D eigenvalue weighted by Gasteiger charge is 2.19. The zero-order chi connectivity index (χ0) is 56.4. The van der Waals surface area contributed by atoms with Gasteiger partial charge < -0.3 is 14.2 Å². The Morgan fingerprint density at radius 3 is 0.808 bits per heavy atom. The lowest BCUT2D eigenvalue weighted by atomic mass is 10.0. The molecule has 0 aliphatic carbocycles. The van der Waals surface area contributed by atoms with Crippen molar-refractivity contribution in [2.45, 2.75) is 290 Å². The van der Waals surface area contributed by atoms with E-state index < -0.39 is 6.10 Å². The molecule has 0 aliphatic rings. The van der Waals surface area contributed by atoms with Crippen molar-refractivity contribution in [1.29, 1.82) is 0 Å². The minimum atomic E-state index is -0.809. The predicted octanol–water partition coefficient (Wildman–Crippen LogP) is 22.2. The summed E-state index contributed by atoms with van der Waals surface area (Å²) in [5.41, 5.74) is 0. The van der Waals surface area contributed by atoms with E-state index >= 15 is 0 Å². The van der Waals surface area contributed by atoms with Crippen LogP contribution in [0.2, 0.25) is 0 Å². The summed E-state index contributed by atoms with van der Waals surface area (Å²) in [7, 11) is 0. The van der Waals surface area contributed by atoms with Crippen LogP contribution in [0.1, 0.15) is 284 Å². The number of unbranched alkanes of at least 4 members (excludes halogenated alkanes) is 24. The zero-order valence-electron chi connectivity index (χ0n) is 50.6. The van der Waals surface area contributed by atoms with Crippen molar-refractivity contribution in [3.63, 3.8) is 0 Å². The summed E-state index contributed by atoms with van der Waals surface area (Å²) < 4.78 is 16.9. The van der Waals surface area contributed by atoms with Crippen molar-refractivity contribution in [3.8, 4) is 0 Å². The molecular weight excluding hydrogens is 961 g/mol. The lowest BCUT2D eigenvalue weighted by molar-refractivity contribution is -0.167. The van der Waals surface area contributed by atoms with Gasteiger partial charge in [0.1, 0.15) is 13.2 Å². The molecule has 0 aliphatic heterocycles. The van der Waals surface area contributed by atoms with Gasteiger partial charge in [-0.25, -0.2) is 0 Å². The van der Waals surface area contributed by atoms with Crippen molar-refractivity contribution in [2.24, 2.45) is 0 Å². The minimum Gasteiger partial charge on any atom is -0.462 e. The van der Waals surface area contributed by atoms with Gasteiger partial charge in [0.15, 0.2) is 6.10 Å². The average Bonchev–Trinajstić information content (AvgIpc) is 3.44. The van der Waals surface area contributed by atoms with Crippen molar-refractivity contribution >= 4 is 17.9 Å². The van der Waals surface area contributed by atoms with Gasteiger partial charge >= 0.3 is 17.9 Å². The third-order valence-electron chi connectivity index (χ3n) is 13.4. The molecule has 0 N–H and O–H groups in total. The molecule has 0 spiro atoms. The first-order valence-electron chi connectivity index (χ1n) is 32.2. The Labute approximate surface area is 481 Å². The van der Waals surface area contributed by atoms with Crippen LogP contribution in [0, 0.1) is 0 Å². The first kappa shape index (κ1) is 73.5. The van der Waals surface area contributed by atoms with E-state index in [9.17, 15) is 14.4 Å². The quantitative estimate of drug-likeness (QED) is 0.0261. The Bertz CT molecular complexity index is 1670. The fourth-order valence-corrected chi connectivity index (χ4v) is 8.59. The van der Waals surface area contributed by atoms with Crippen LogP contribution in [0.4, 0.5) is 0 Å². The second-order valence-corrected chi connectivity index (χ2v) is 20.9. The van der Waals surface area contributed by atoms with Gasteiger partial charge in [-0.3, -0.25) is 14.4 Å². The lowest BCUT2D eigenvalue weighted by Crippen LogP contribution is -2.30. The van der Waals surface area contributed by atoms with Crippen LogP contribution in [0.15, 0.2) is 134 Å². The maximum Gasteiger partial charge on any atom is 0.306 e. The van der Waals surface area contributed by atoms with Gasteiger partial charge in [-0.05, 0) is 128 Å². The van der Waals surface area contributed by atoms with Gasteiger partial charge in [-0.15, -0.1) is 0 Å². The van der Waals surface area contributed by atoms with Crippen LogP contribution in [0.25, 0.3) is 0 Å². The third-order valence-corrected chi connectivity index (χ3v) is 13.4. The van der Waals surface area contributed by atoms with Crippen LogP contribution in [0.5, 0.6) is 0 Å². The monoisotopic (exact) mass is 1080 g/mol. The van der Waals surface area contributed by atoms with Crippen LogP contribution in [-0.2, 0) is 28.6 Å². The SMILES string of the molecule is CC/C=C\C/C=C\C/C=C\C/C=C\C/C=C\CCCCCCCCCCCCCCCCCC(=O)OCC(COC(=O)CCCCCCC/C=C\C/C=C\CCCC)OC(=O)CCCC/C=C\C/C=C\C/C=C\C/C=C\CC. The van der Waals surface area contributed by atoms with Gasteiger partial charge in [-0.1, -0.05) is 270 Å². The Morgan fingerprint density at radius 2 is 0.500 bits per heavy atom. The fourth-order valence-electron chi connectivity index (χ4n) is 8.59. The molecule has 0 fully saturated rings. The summed E-state index contributed by atoms with van der Waals surface area (Å²) in [5.74, 6) is -0.956. The summed E-state index contributed by atoms with van der Waals surface area (Å²) in [5, 5.41) is 0. The molecule has 6 heteroatoms. The number of carbonyl (C=O) groups is 3. The molecule has 0 aromatic rings. The average molecular weight is 1080 g/mol. The summed E-state index contributed by atoms with van der Waals surface area (Å²) in [6.45, 7) is 6.33. The second-order valence-electron chi connectivity index (χ2n) is 20.9. The van der Waals surface area contributed by atoms with E-state index in [1.165, 1.54) is 103 Å². The van der Waals surface area contributed by atoms with Crippen LogP contribution < -0.4 is 0 Å². The predicted molar refractivity (Wildman–Crippen MR) is 339 cm³/mol. The Morgan fingerprint density at radius 1 is 0.269 bits per heavy atom. The van der Waals surface area contributed by atoms with Gasteiger partial charge in [-0.2, -0.15) is 0 Å². The minimum absolute atomic E-state index is 0.101. The highest BCUT2D eigenvalue weighted by Crippen LogP contribution is 2.16. The molecule has 1 unspecified atom stereocenters. The molecule has 0 bridgehead atoms. The highest BCUT2D eigenvalue weighted by molar-refractivity contribution is 5.71. The van der Waals surface area contributed by atoms with Crippen LogP contribution >= 0.6 is 0 Å². The zero-order valence-corrected chi connectivity index (χ0v) is 50.6. The van der Waals surface area contributed by atoms with E-state index in [0.717, 1.165) is 135 Å². The topological polar surface area (TPSA) is 78.9 Å². The number of esters is 3. The molecule has 0 amide bonds. The molecule has 0 saturated heterocycles. The number of hydrogen-bond acceptors (Lipinski definition) is 6. The number of hydrogen-bond donors (Lipinski definition) is 0. The maximum atomic E-state index is 12.9. The van der Waals surface area contributed by atoms with E-state index in [0.29, 0.717) is 19.3 Å². The van der Waals surface area contributed by atoms with E-state index in [-0.39, 0.29) is 37.5 Å². The summed E-state index contributed by atoms with van der Waals surface area (Å²) in [4.78, 5) is 38.2. The molecule has 6 nitrogen and oxygen atoms in total. The lowest BCUT2D eigenvalue weighted by Gasteiger charge is -2.18. The number of carbonyl (C=O) groups excluding carboxylic acids is 3. The number of ether oxygens (including phenoxy) is 3. The molecule has 78 heavy (non-hydrogen) atoms. The Balaban J connectivity index is 4.27. The number of rotatable bonds is 57. The maximum absolute atomic E-state index is 12.9. The molecule has 0 rings (SSSR count). The van der Waals surface area contributed by atoms with Crippen LogP contribution in [0.3, 0.4) is 0 Å². The van der Waals surface area contributed by atoms with Crippen LogP contribution in [-0.4, -0.2) is 37.2 Å². The van der Waals surface area contributed by atoms with Crippen molar-refractivity contribution in [3.05, 3.63) is 134 Å². The first-order chi connectivity index (χ1) is 38.5. The summed E-state index contributed by atoms with van der Waals surface area (Å²) >= 11 is 0. The van der Waals surface area contributed by atoms with Gasteiger partial charge in [0, 0.05) is 19.3 Å². The van der Waals surface area contributed by atoms with Gasteiger partial charge in [0.25, 0.3) is 0 Å². The van der Waals surface area contributed by atoms with Gasteiger partial charge in [0.05, 0.1) is 0 Å². The van der Waals surface area contributed by atoms with E-state index in [1.807, 2.05) is 0 Å². The Kier molecular flexibility index (Phi) is 61.4. The van der Waals surface area contributed by atoms with E-state index in [4.69, 9.17) is 14.2 Å². The van der Waals surface area contributed by atoms with E-state index in [1.54, 1.807) is 0 Å². The smallest absolute Gasteiger partial charge is 0.306 e. The fraction of sp³-hybridized carbons (Fsp3) is 0.653. The molecule has 0 aromatic heterocycles. The summed E-state index contributed by atoms with van der Waals surface area (Å²) in [6, 6.07) is 0. The Hall–Kier alpha value is -4.45. The highest BCUT2D eigenvalue weighted by atomic mass is 16.6.